The lowest BCUT2D eigenvalue weighted by Crippen LogP contribution is -2.10. The Hall–Kier alpha value is -2.64. The largest absolute Gasteiger partial charge is 0.411 e. The maximum atomic E-state index is 12.2. The molecule has 2 aromatic rings. The first-order chi connectivity index (χ1) is 11.6. The van der Waals surface area contributed by atoms with E-state index in [1.807, 2.05) is 6.07 Å². The molecule has 0 aromatic heterocycles. The Kier molecular flexibility index (Phi) is 6.11. The fraction of sp³-hybridized carbons (Fsp3) is 0. The lowest BCUT2D eigenvalue weighted by Gasteiger charge is -2.03. The fourth-order valence-electron chi connectivity index (χ4n) is 1.77. The third-order valence-electron chi connectivity index (χ3n) is 2.92. The number of oxime groups is 1. The van der Waals surface area contributed by atoms with Crippen LogP contribution in [0.5, 0.6) is 0 Å². The molecule has 0 atom stereocenters. The van der Waals surface area contributed by atoms with E-state index in [1.165, 1.54) is 12.1 Å². The molecule has 0 spiro atoms. The van der Waals surface area contributed by atoms with Crippen molar-refractivity contribution in [1.29, 1.82) is 0 Å². The summed E-state index contributed by atoms with van der Waals surface area (Å²) in [6.07, 6.45) is 2.17. The molecule has 8 heteroatoms. The van der Waals surface area contributed by atoms with Gasteiger partial charge in [-0.05, 0) is 12.1 Å². The predicted molar refractivity (Wildman–Crippen MR) is 94.0 cm³/mol. The van der Waals surface area contributed by atoms with Crippen molar-refractivity contribution < 1.29 is 13.6 Å². The smallest absolute Gasteiger partial charge is 0.218 e. The highest BCUT2D eigenvalue weighted by Gasteiger charge is 2.18. The van der Waals surface area contributed by atoms with Gasteiger partial charge in [0.25, 0.3) is 0 Å². The van der Waals surface area contributed by atoms with Crippen LogP contribution in [0.15, 0.2) is 86.4 Å². The van der Waals surface area contributed by atoms with Crippen LogP contribution in [-0.4, -0.2) is 25.6 Å². The molecule has 0 saturated carbocycles. The molecule has 0 heterocycles. The molecule has 0 aliphatic carbocycles. The van der Waals surface area contributed by atoms with Crippen molar-refractivity contribution in [2.45, 2.75) is 4.90 Å². The zero-order chi connectivity index (χ0) is 17.4. The number of nitrogens with one attached hydrogen (secondary N) is 1. The maximum Gasteiger partial charge on any atom is 0.218 e. The second-order valence-corrected chi connectivity index (χ2v) is 7.05. The van der Waals surface area contributed by atoms with Gasteiger partial charge in [-0.2, -0.15) is 5.10 Å². The Morgan fingerprint density at radius 3 is 2.21 bits per heavy atom. The number of halogens is 1. The molecule has 2 N–H and O–H groups in total. The van der Waals surface area contributed by atoms with E-state index in [2.05, 4.69) is 15.7 Å². The van der Waals surface area contributed by atoms with Gasteiger partial charge in [0.15, 0.2) is 4.36 Å². The number of rotatable bonds is 6. The second-order valence-electron chi connectivity index (χ2n) is 4.50. The van der Waals surface area contributed by atoms with Crippen LogP contribution in [0.2, 0.25) is 0 Å². The molecule has 24 heavy (non-hydrogen) atoms. The number of hydrogen-bond acceptors (Lipinski definition) is 6. The highest BCUT2D eigenvalue weighted by molar-refractivity contribution is 7.96. The standard InChI is InChI=1S/C16H14ClN3O3S/c17-16(24(22,23)14-9-5-2-6-10-14)12-18-20-15(11-19-21)13-7-3-1-4-8-13/h1-12,18,21H/b16-12+,19-11+,20-15+. The van der Waals surface area contributed by atoms with Gasteiger partial charge in [-0.25, -0.2) is 8.42 Å². The molecule has 0 bridgehead atoms. The Morgan fingerprint density at radius 1 is 1.04 bits per heavy atom. The average molecular weight is 364 g/mol. The lowest BCUT2D eigenvalue weighted by molar-refractivity contribution is 0.322. The molecule has 0 amide bonds. The van der Waals surface area contributed by atoms with Gasteiger partial charge in [0, 0.05) is 5.56 Å². The van der Waals surface area contributed by atoms with Gasteiger partial charge in [0.1, 0.15) is 5.71 Å². The van der Waals surface area contributed by atoms with Crippen LogP contribution in [0.1, 0.15) is 5.56 Å². The van der Waals surface area contributed by atoms with E-state index in [0.717, 1.165) is 12.4 Å². The van der Waals surface area contributed by atoms with Gasteiger partial charge in [-0.1, -0.05) is 65.3 Å². The summed E-state index contributed by atoms with van der Waals surface area (Å²) in [5.41, 5.74) is 3.44. The first kappa shape index (κ1) is 17.7. The Bertz CT molecular complexity index is 864. The van der Waals surface area contributed by atoms with Gasteiger partial charge in [0.05, 0.1) is 17.3 Å². The minimum Gasteiger partial charge on any atom is -0.411 e. The van der Waals surface area contributed by atoms with E-state index in [1.54, 1.807) is 42.5 Å². The zero-order valence-corrected chi connectivity index (χ0v) is 13.9. The van der Waals surface area contributed by atoms with Crippen LogP contribution in [0, 0.1) is 0 Å². The molecule has 0 aliphatic rings. The van der Waals surface area contributed by atoms with Crippen molar-refractivity contribution in [3.8, 4) is 0 Å². The van der Waals surface area contributed by atoms with Crippen LogP contribution in [0.4, 0.5) is 0 Å². The van der Waals surface area contributed by atoms with E-state index in [-0.39, 0.29) is 4.90 Å². The Morgan fingerprint density at radius 2 is 1.62 bits per heavy atom. The van der Waals surface area contributed by atoms with Gasteiger partial charge < -0.3 is 5.21 Å². The Balaban J connectivity index is 2.22. The average Bonchev–Trinajstić information content (AvgIpc) is 2.62. The monoisotopic (exact) mass is 363 g/mol. The topological polar surface area (TPSA) is 91.1 Å². The predicted octanol–water partition coefficient (Wildman–Crippen LogP) is 2.95. The summed E-state index contributed by atoms with van der Waals surface area (Å²) in [7, 11) is -3.80. The van der Waals surface area contributed by atoms with Crippen LogP contribution in [0.25, 0.3) is 0 Å². The summed E-state index contributed by atoms with van der Waals surface area (Å²) < 4.78 is 24.1. The van der Waals surface area contributed by atoms with Gasteiger partial charge >= 0.3 is 0 Å². The quantitative estimate of drug-likeness (QED) is 0.469. The van der Waals surface area contributed by atoms with Crippen molar-refractivity contribution in [1.82, 2.24) is 5.43 Å². The number of nitrogens with zero attached hydrogens (tertiary/aromatic N) is 2. The SMILES string of the molecule is O=S(=O)(/C(Cl)=C/N/N=C(\C=N\O)c1ccccc1)c1ccccc1. The van der Waals surface area contributed by atoms with E-state index in [0.29, 0.717) is 11.3 Å². The molecule has 0 radical (unpaired) electrons. The zero-order valence-electron chi connectivity index (χ0n) is 12.4. The van der Waals surface area contributed by atoms with E-state index in [9.17, 15) is 8.42 Å². The summed E-state index contributed by atoms with van der Waals surface area (Å²) in [6.45, 7) is 0. The minimum absolute atomic E-state index is 0.0808. The lowest BCUT2D eigenvalue weighted by atomic mass is 10.1. The molecule has 0 unspecified atom stereocenters. The van der Waals surface area contributed by atoms with Crippen LogP contribution in [-0.2, 0) is 9.84 Å². The van der Waals surface area contributed by atoms with Crippen LogP contribution >= 0.6 is 11.6 Å². The van der Waals surface area contributed by atoms with E-state index >= 15 is 0 Å². The number of hydrazone groups is 1. The third kappa shape index (κ3) is 4.43. The van der Waals surface area contributed by atoms with Crippen molar-refractivity contribution in [2.75, 3.05) is 0 Å². The number of sulfone groups is 1. The van der Waals surface area contributed by atoms with Crippen molar-refractivity contribution in [3.05, 3.63) is 76.8 Å². The summed E-state index contributed by atoms with van der Waals surface area (Å²) in [5.74, 6) is 0. The third-order valence-corrected chi connectivity index (χ3v) is 5.17. The molecule has 6 nitrogen and oxygen atoms in total. The van der Waals surface area contributed by atoms with Crippen LogP contribution in [0.3, 0.4) is 0 Å². The first-order valence-electron chi connectivity index (χ1n) is 6.77. The van der Waals surface area contributed by atoms with Gasteiger partial charge in [-0.15, -0.1) is 0 Å². The maximum absolute atomic E-state index is 12.2. The van der Waals surface area contributed by atoms with Crippen molar-refractivity contribution in [3.63, 3.8) is 0 Å². The molecule has 0 fully saturated rings. The number of benzene rings is 2. The molecule has 0 aliphatic heterocycles. The van der Waals surface area contributed by atoms with E-state index < -0.39 is 14.2 Å². The van der Waals surface area contributed by atoms with E-state index in [4.69, 9.17) is 16.8 Å². The first-order valence-corrected chi connectivity index (χ1v) is 8.63. The molecule has 2 aromatic carbocycles. The normalized spacial score (nSPS) is 13.2. The molecule has 2 rings (SSSR count). The molecular formula is C16H14ClN3O3S. The minimum atomic E-state index is -3.80. The fourth-order valence-corrected chi connectivity index (χ4v) is 3.04. The van der Waals surface area contributed by atoms with Crippen molar-refractivity contribution in [2.24, 2.45) is 10.3 Å². The van der Waals surface area contributed by atoms with Crippen LogP contribution < -0.4 is 5.43 Å². The van der Waals surface area contributed by atoms with Crippen molar-refractivity contribution >= 4 is 33.4 Å². The summed E-state index contributed by atoms with van der Waals surface area (Å²) in [5, 5.41) is 15.6. The second kappa shape index (κ2) is 8.28. The highest BCUT2D eigenvalue weighted by Crippen LogP contribution is 2.21. The van der Waals surface area contributed by atoms with Gasteiger partial charge in [0.2, 0.25) is 9.84 Å². The summed E-state index contributed by atoms with van der Waals surface area (Å²) in [6, 6.07) is 16.7. The molecule has 124 valence electrons. The molecule has 0 saturated heterocycles. The molecular weight excluding hydrogens is 350 g/mol. The van der Waals surface area contributed by atoms with Gasteiger partial charge in [-0.3, -0.25) is 5.43 Å². The Labute approximate surface area is 144 Å². The summed E-state index contributed by atoms with van der Waals surface area (Å²) in [4.78, 5) is 0.0808. The highest BCUT2D eigenvalue weighted by atomic mass is 35.5. The number of hydrogen-bond donors (Lipinski definition) is 2. The summed E-state index contributed by atoms with van der Waals surface area (Å²) >= 11 is 5.87.